The van der Waals surface area contributed by atoms with Crippen LogP contribution in [0.1, 0.15) is 48.9 Å². The fourth-order valence-corrected chi connectivity index (χ4v) is 3.99. The lowest BCUT2D eigenvalue weighted by Crippen LogP contribution is -2.51. The van der Waals surface area contributed by atoms with Crippen LogP contribution in [-0.4, -0.2) is 35.9 Å². The minimum atomic E-state index is -0.656. The zero-order chi connectivity index (χ0) is 25.2. The van der Waals surface area contributed by atoms with Gasteiger partial charge in [-0.2, -0.15) is 0 Å². The van der Waals surface area contributed by atoms with Gasteiger partial charge in [-0.15, -0.1) is 0 Å². The number of likely N-dealkylation sites (N-methyl/N-ethyl adjacent to an activating group) is 1. The number of ether oxygens (including phenoxy) is 1. The molecule has 3 aromatic carbocycles. The lowest BCUT2D eigenvalue weighted by atomic mass is 10.0. The minimum Gasteiger partial charge on any atom is -0.484 e. The molecule has 0 aromatic heterocycles. The van der Waals surface area contributed by atoms with E-state index in [1.807, 2.05) is 92.7 Å². The van der Waals surface area contributed by atoms with Crippen molar-refractivity contribution in [1.82, 2.24) is 10.2 Å². The Hall–Kier alpha value is -3.60. The van der Waals surface area contributed by atoms with Crippen molar-refractivity contribution in [3.05, 3.63) is 101 Å². The van der Waals surface area contributed by atoms with Gasteiger partial charge in [-0.3, -0.25) is 9.59 Å². The summed E-state index contributed by atoms with van der Waals surface area (Å²) in [6.07, 6.45) is 0.424. The van der Waals surface area contributed by atoms with Gasteiger partial charge >= 0.3 is 0 Å². The maximum atomic E-state index is 13.6. The molecule has 0 saturated carbocycles. The van der Waals surface area contributed by atoms with Crippen LogP contribution in [0.2, 0.25) is 0 Å². The van der Waals surface area contributed by atoms with E-state index in [0.29, 0.717) is 31.2 Å². The molecule has 2 amide bonds. The van der Waals surface area contributed by atoms with Crippen molar-refractivity contribution in [2.24, 2.45) is 0 Å². The molecule has 5 nitrogen and oxygen atoms in total. The molecule has 0 aliphatic rings. The average Bonchev–Trinajstić information content (AvgIpc) is 2.86. The van der Waals surface area contributed by atoms with Gasteiger partial charge < -0.3 is 15.0 Å². The standard InChI is InChI=1S/C30H36N2O3/c1-5-31-30(34)28(19-24-12-7-6-8-13-24)32(20-26-14-10-9-11-23(26)4)29(33)21-35-27-17-15-25(16-18-27)22(2)3/h6-18,22,28H,5,19-21H2,1-4H3,(H,31,34)/t28-/m1/s1. The highest BCUT2D eigenvalue weighted by molar-refractivity contribution is 5.88. The molecule has 0 unspecified atom stereocenters. The summed E-state index contributed by atoms with van der Waals surface area (Å²) in [6.45, 7) is 8.86. The van der Waals surface area contributed by atoms with Crippen LogP contribution < -0.4 is 10.1 Å². The van der Waals surface area contributed by atoms with Gasteiger partial charge in [-0.1, -0.05) is 80.6 Å². The van der Waals surface area contributed by atoms with Crippen molar-refractivity contribution >= 4 is 11.8 Å². The van der Waals surface area contributed by atoms with E-state index in [9.17, 15) is 9.59 Å². The first-order chi connectivity index (χ1) is 16.9. The molecular weight excluding hydrogens is 436 g/mol. The van der Waals surface area contributed by atoms with E-state index in [1.165, 1.54) is 5.56 Å². The zero-order valence-corrected chi connectivity index (χ0v) is 21.2. The maximum Gasteiger partial charge on any atom is 0.261 e. The second kappa shape index (κ2) is 12.7. The summed E-state index contributed by atoms with van der Waals surface area (Å²) in [5, 5.41) is 2.92. The molecule has 0 aliphatic heterocycles. The van der Waals surface area contributed by atoms with Crippen LogP contribution in [0.4, 0.5) is 0 Å². The van der Waals surface area contributed by atoms with Gasteiger partial charge in [0.05, 0.1) is 0 Å². The monoisotopic (exact) mass is 472 g/mol. The van der Waals surface area contributed by atoms with Crippen LogP contribution in [0.15, 0.2) is 78.9 Å². The summed E-state index contributed by atoms with van der Waals surface area (Å²) in [6, 6.07) is 24.9. The molecule has 184 valence electrons. The minimum absolute atomic E-state index is 0.141. The SMILES string of the molecule is CCNC(=O)[C@@H](Cc1ccccc1)N(Cc1ccccc1C)C(=O)COc1ccc(C(C)C)cc1. The molecule has 5 heteroatoms. The topological polar surface area (TPSA) is 58.6 Å². The summed E-state index contributed by atoms with van der Waals surface area (Å²) in [7, 11) is 0. The van der Waals surface area contributed by atoms with Crippen LogP contribution in [0.5, 0.6) is 5.75 Å². The fourth-order valence-electron chi connectivity index (χ4n) is 3.99. The van der Waals surface area contributed by atoms with Crippen molar-refractivity contribution in [1.29, 1.82) is 0 Å². The van der Waals surface area contributed by atoms with Crippen molar-refractivity contribution < 1.29 is 14.3 Å². The molecule has 0 aliphatic carbocycles. The molecule has 0 heterocycles. The Morgan fingerprint density at radius 2 is 1.57 bits per heavy atom. The Labute approximate surface area is 209 Å². The number of carbonyl (C=O) groups is 2. The third-order valence-electron chi connectivity index (χ3n) is 6.13. The number of hydrogen-bond acceptors (Lipinski definition) is 3. The van der Waals surface area contributed by atoms with Crippen LogP contribution in [0.25, 0.3) is 0 Å². The van der Waals surface area contributed by atoms with Gasteiger partial charge in [-0.05, 0) is 54.2 Å². The quantitative estimate of drug-likeness (QED) is 0.413. The molecule has 1 N–H and O–H groups in total. The van der Waals surface area contributed by atoms with E-state index in [1.54, 1.807) is 4.90 Å². The van der Waals surface area contributed by atoms with E-state index >= 15 is 0 Å². The summed E-state index contributed by atoms with van der Waals surface area (Å²) >= 11 is 0. The molecular formula is C30H36N2O3. The average molecular weight is 473 g/mol. The highest BCUT2D eigenvalue weighted by Crippen LogP contribution is 2.20. The second-order valence-electron chi connectivity index (χ2n) is 9.06. The highest BCUT2D eigenvalue weighted by Gasteiger charge is 2.30. The molecule has 3 rings (SSSR count). The predicted octanol–water partition coefficient (Wildman–Crippen LogP) is 5.27. The first-order valence-electron chi connectivity index (χ1n) is 12.3. The second-order valence-corrected chi connectivity index (χ2v) is 9.06. The Kier molecular flexibility index (Phi) is 9.47. The Morgan fingerprint density at radius 1 is 0.914 bits per heavy atom. The maximum absolute atomic E-state index is 13.6. The largest absolute Gasteiger partial charge is 0.484 e. The Bertz CT molecular complexity index is 1090. The van der Waals surface area contributed by atoms with Gasteiger partial charge in [0.15, 0.2) is 6.61 Å². The Balaban J connectivity index is 1.87. The molecule has 0 fully saturated rings. The van der Waals surface area contributed by atoms with Crippen LogP contribution in [0, 0.1) is 6.92 Å². The van der Waals surface area contributed by atoms with Gasteiger partial charge in [0.2, 0.25) is 5.91 Å². The smallest absolute Gasteiger partial charge is 0.261 e. The lowest BCUT2D eigenvalue weighted by molar-refractivity contribution is -0.142. The molecule has 0 saturated heterocycles. The number of aryl methyl sites for hydroxylation is 1. The zero-order valence-electron chi connectivity index (χ0n) is 21.2. The van der Waals surface area contributed by atoms with E-state index in [2.05, 4.69) is 19.2 Å². The number of rotatable bonds is 11. The molecule has 0 bridgehead atoms. The van der Waals surface area contributed by atoms with E-state index in [-0.39, 0.29) is 18.4 Å². The van der Waals surface area contributed by atoms with Crippen molar-refractivity contribution in [2.75, 3.05) is 13.2 Å². The number of hydrogen-bond donors (Lipinski definition) is 1. The van der Waals surface area contributed by atoms with Gasteiger partial charge in [-0.25, -0.2) is 0 Å². The third kappa shape index (κ3) is 7.44. The molecule has 35 heavy (non-hydrogen) atoms. The first kappa shape index (κ1) is 26.0. The van der Waals surface area contributed by atoms with Crippen molar-refractivity contribution in [2.45, 2.75) is 52.6 Å². The summed E-state index contributed by atoms with van der Waals surface area (Å²) < 4.78 is 5.87. The number of carbonyl (C=O) groups excluding carboxylic acids is 2. The van der Waals surface area contributed by atoms with Gasteiger partial charge in [0, 0.05) is 19.5 Å². The molecule has 0 radical (unpaired) electrons. The van der Waals surface area contributed by atoms with Crippen LogP contribution in [-0.2, 0) is 22.6 Å². The summed E-state index contributed by atoms with van der Waals surface area (Å²) in [5.41, 5.74) is 4.29. The van der Waals surface area contributed by atoms with E-state index in [0.717, 1.165) is 16.7 Å². The summed E-state index contributed by atoms with van der Waals surface area (Å²) in [4.78, 5) is 28.4. The normalized spacial score (nSPS) is 11.7. The van der Waals surface area contributed by atoms with Crippen molar-refractivity contribution in [3.63, 3.8) is 0 Å². The van der Waals surface area contributed by atoms with Crippen molar-refractivity contribution in [3.8, 4) is 5.75 Å². The van der Waals surface area contributed by atoms with Gasteiger partial charge in [0.25, 0.3) is 5.91 Å². The van der Waals surface area contributed by atoms with E-state index < -0.39 is 6.04 Å². The third-order valence-corrected chi connectivity index (χ3v) is 6.13. The Morgan fingerprint density at radius 3 is 2.20 bits per heavy atom. The number of nitrogens with zero attached hydrogens (tertiary/aromatic N) is 1. The fraction of sp³-hybridized carbons (Fsp3) is 0.333. The molecule has 3 aromatic rings. The predicted molar refractivity (Wildman–Crippen MR) is 140 cm³/mol. The summed E-state index contributed by atoms with van der Waals surface area (Å²) in [5.74, 6) is 0.662. The highest BCUT2D eigenvalue weighted by atomic mass is 16.5. The number of nitrogens with one attached hydrogen (secondary N) is 1. The molecule has 1 atom stereocenters. The number of amides is 2. The first-order valence-corrected chi connectivity index (χ1v) is 12.3. The molecule has 0 spiro atoms. The lowest BCUT2D eigenvalue weighted by Gasteiger charge is -2.31. The number of benzene rings is 3. The van der Waals surface area contributed by atoms with Gasteiger partial charge in [0.1, 0.15) is 11.8 Å². The van der Waals surface area contributed by atoms with Crippen LogP contribution in [0.3, 0.4) is 0 Å². The van der Waals surface area contributed by atoms with Crippen LogP contribution >= 0.6 is 0 Å². The van der Waals surface area contributed by atoms with E-state index in [4.69, 9.17) is 4.74 Å².